The Labute approximate surface area is 119 Å². The first kappa shape index (κ1) is 15.3. The van der Waals surface area contributed by atoms with Gasteiger partial charge in [-0.1, -0.05) is 6.42 Å². The quantitative estimate of drug-likeness (QED) is 0.759. The Bertz CT molecular complexity index is 551. The van der Waals surface area contributed by atoms with Crippen molar-refractivity contribution in [3.8, 4) is 0 Å². The van der Waals surface area contributed by atoms with E-state index >= 15 is 0 Å². The van der Waals surface area contributed by atoms with Gasteiger partial charge in [-0.15, -0.1) is 0 Å². The molecule has 0 spiro atoms. The maximum absolute atomic E-state index is 12.7. The van der Waals surface area contributed by atoms with Crippen LogP contribution in [0.3, 0.4) is 0 Å². The monoisotopic (exact) mass is 302 g/mol. The van der Waals surface area contributed by atoms with Gasteiger partial charge in [0.15, 0.2) is 5.82 Å². The van der Waals surface area contributed by atoms with Gasteiger partial charge in [-0.3, -0.25) is 4.68 Å². The lowest BCUT2D eigenvalue weighted by Crippen LogP contribution is -2.44. The summed E-state index contributed by atoms with van der Waals surface area (Å²) in [6.07, 6.45) is 4.69. The fraction of sp³-hybridized carbons (Fsp3) is 0.750. The topological polar surface area (TPSA) is 101 Å². The summed E-state index contributed by atoms with van der Waals surface area (Å²) in [5.41, 5.74) is 5.74. The molecule has 0 amide bonds. The van der Waals surface area contributed by atoms with Crippen molar-refractivity contribution in [3.05, 3.63) is 6.20 Å². The lowest BCUT2D eigenvalue weighted by molar-refractivity contribution is 0.198. The summed E-state index contributed by atoms with van der Waals surface area (Å²) in [7, 11) is -3.64. The van der Waals surface area contributed by atoms with Crippen LogP contribution in [0.1, 0.15) is 32.6 Å². The van der Waals surface area contributed by atoms with Gasteiger partial charge in [-0.2, -0.15) is 9.40 Å². The third kappa shape index (κ3) is 2.82. The molecule has 0 unspecified atom stereocenters. The Morgan fingerprint density at radius 3 is 2.70 bits per heavy atom. The molecule has 1 heterocycles. The number of aromatic nitrogens is 2. The fourth-order valence-electron chi connectivity index (χ4n) is 2.31. The van der Waals surface area contributed by atoms with Crippen LogP contribution in [0.2, 0.25) is 0 Å². The van der Waals surface area contributed by atoms with Gasteiger partial charge >= 0.3 is 0 Å². The molecule has 7 nitrogen and oxygen atoms in total. The zero-order chi connectivity index (χ0) is 14.8. The van der Waals surface area contributed by atoms with E-state index in [-0.39, 0.29) is 23.4 Å². The first-order valence-corrected chi connectivity index (χ1v) is 8.40. The molecule has 114 valence electrons. The largest absolute Gasteiger partial charge is 0.396 e. The van der Waals surface area contributed by atoms with E-state index in [9.17, 15) is 8.42 Å². The lowest BCUT2D eigenvalue weighted by Gasteiger charge is -2.36. The molecular formula is C12H22N4O3S. The molecule has 1 aliphatic rings. The summed E-state index contributed by atoms with van der Waals surface area (Å²) in [5.74, 6) is 0.0418. The van der Waals surface area contributed by atoms with Gasteiger partial charge in [-0.25, -0.2) is 8.42 Å². The molecule has 3 N–H and O–H groups in total. The van der Waals surface area contributed by atoms with Crippen LogP contribution in [-0.2, 0) is 16.6 Å². The molecule has 1 aromatic rings. The van der Waals surface area contributed by atoms with Gasteiger partial charge in [0.1, 0.15) is 4.90 Å². The van der Waals surface area contributed by atoms with Crippen LogP contribution in [0.5, 0.6) is 0 Å². The van der Waals surface area contributed by atoms with Crippen LogP contribution in [0, 0.1) is 0 Å². The highest BCUT2D eigenvalue weighted by molar-refractivity contribution is 7.89. The summed E-state index contributed by atoms with van der Waals surface area (Å²) in [5, 5.41) is 13.0. The Kier molecular flexibility index (Phi) is 4.66. The number of rotatable bonds is 7. The fourth-order valence-corrected chi connectivity index (χ4v) is 4.09. The highest BCUT2D eigenvalue weighted by Crippen LogP contribution is 2.31. The maximum atomic E-state index is 12.7. The molecule has 1 aliphatic carbocycles. The summed E-state index contributed by atoms with van der Waals surface area (Å²) in [6.45, 7) is 2.74. The lowest BCUT2D eigenvalue weighted by atomic mass is 9.93. The van der Waals surface area contributed by atoms with Crippen molar-refractivity contribution in [1.82, 2.24) is 14.1 Å². The molecule has 1 fully saturated rings. The Morgan fingerprint density at radius 1 is 1.55 bits per heavy atom. The SMILES string of the molecule is CCn1cc(S(=O)(=O)N(CCCO)C2CCC2)c(N)n1. The van der Waals surface area contributed by atoms with E-state index < -0.39 is 10.0 Å². The smallest absolute Gasteiger partial charge is 0.248 e. The second-order valence-corrected chi connectivity index (χ2v) is 6.87. The number of aliphatic hydroxyl groups excluding tert-OH is 1. The molecular weight excluding hydrogens is 280 g/mol. The molecule has 1 saturated carbocycles. The number of aryl methyl sites for hydroxylation is 1. The highest BCUT2D eigenvalue weighted by atomic mass is 32.2. The van der Waals surface area contributed by atoms with E-state index in [0.29, 0.717) is 19.5 Å². The number of sulfonamides is 1. The molecule has 0 saturated heterocycles. The maximum Gasteiger partial charge on any atom is 0.248 e. The molecule has 2 rings (SSSR count). The third-order valence-electron chi connectivity index (χ3n) is 3.68. The summed E-state index contributed by atoms with van der Waals surface area (Å²) in [4.78, 5) is 0.0733. The summed E-state index contributed by atoms with van der Waals surface area (Å²) < 4.78 is 28.5. The average molecular weight is 302 g/mol. The number of nitrogen functional groups attached to an aromatic ring is 1. The second-order valence-electron chi connectivity index (χ2n) is 5.01. The average Bonchev–Trinajstić information content (AvgIpc) is 2.74. The van der Waals surface area contributed by atoms with E-state index in [1.165, 1.54) is 15.2 Å². The molecule has 8 heteroatoms. The van der Waals surface area contributed by atoms with Crippen LogP contribution >= 0.6 is 0 Å². The number of anilines is 1. The number of aliphatic hydroxyl groups is 1. The molecule has 0 aliphatic heterocycles. The van der Waals surface area contributed by atoms with E-state index in [1.54, 1.807) is 0 Å². The minimum atomic E-state index is -3.64. The van der Waals surface area contributed by atoms with Crippen molar-refractivity contribution < 1.29 is 13.5 Å². The van der Waals surface area contributed by atoms with Crippen LogP contribution < -0.4 is 5.73 Å². The van der Waals surface area contributed by atoms with Crippen molar-refractivity contribution in [2.24, 2.45) is 0 Å². The van der Waals surface area contributed by atoms with E-state index in [4.69, 9.17) is 10.8 Å². The van der Waals surface area contributed by atoms with Crippen LogP contribution in [0.15, 0.2) is 11.1 Å². The normalized spacial score (nSPS) is 16.6. The predicted octanol–water partition coefficient (Wildman–Crippen LogP) is 0.411. The van der Waals surface area contributed by atoms with Gasteiger partial charge in [0.05, 0.1) is 0 Å². The standard InChI is InChI=1S/C12H22N4O3S/c1-2-15-9-11(12(13)14-15)20(18,19)16(7-4-8-17)10-5-3-6-10/h9-10,17H,2-8H2,1H3,(H2,13,14). The number of hydrogen-bond acceptors (Lipinski definition) is 5. The van der Waals surface area contributed by atoms with Crippen LogP contribution in [-0.4, -0.2) is 46.8 Å². The number of nitrogens with zero attached hydrogens (tertiary/aromatic N) is 3. The first-order chi connectivity index (χ1) is 9.50. The Hall–Kier alpha value is -1.12. The van der Waals surface area contributed by atoms with Crippen molar-refractivity contribution in [2.45, 2.75) is 50.1 Å². The molecule has 0 bridgehead atoms. The van der Waals surface area contributed by atoms with Crippen LogP contribution in [0.25, 0.3) is 0 Å². The molecule has 0 radical (unpaired) electrons. The molecule has 0 atom stereocenters. The number of hydrogen-bond donors (Lipinski definition) is 2. The Morgan fingerprint density at radius 2 is 2.25 bits per heavy atom. The van der Waals surface area contributed by atoms with Crippen LogP contribution in [0.4, 0.5) is 5.82 Å². The van der Waals surface area contributed by atoms with Crippen molar-refractivity contribution in [1.29, 1.82) is 0 Å². The van der Waals surface area contributed by atoms with Crippen molar-refractivity contribution in [2.75, 3.05) is 18.9 Å². The van der Waals surface area contributed by atoms with Crippen molar-refractivity contribution >= 4 is 15.8 Å². The summed E-state index contributed by atoms with van der Waals surface area (Å²) >= 11 is 0. The van der Waals surface area contributed by atoms with Gasteiger partial charge in [0.25, 0.3) is 0 Å². The molecule has 1 aromatic heterocycles. The van der Waals surface area contributed by atoms with Crippen molar-refractivity contribution in [3.63, 3.8) is 0 Å². The highest BCUT2D eigenvalue weighted by Gasteiger charge is 2.36. The predicted molar refractivity (Wildman–Crippen MR) is 75.5 cm³/mol. The van der Waals surface area contributed by atoms with Gasteiger partial charge in [0.2, 0.25) is 10.0 Å². The zero-order valence-electron chi connectivity index (χ0n) is 11.7. The zero-order valence-corrected chi connectivity index (χ0v) is 12.5. The minimum Gasteiger partial charge on any atom is -0.396 e. The van der Waals surface area contributed by atoms with Gasteiger partial charge in [0, 0.05) is 31.9 Å². The van der Waals surface area contributed by atoms with Gasteiger partial charge < -0.3 is 10.8 Å². The summed E-state index contributed by atoms with van der Waals surface area (Å²) in [6, 6.07) is 0.0240. The number of nitrogens with two attached hydrogens (primary N) is 1. The molecule has 0 aromatic carbocycles. The Balaban J connectivity index is 2.30. The first-order valence-electron chi connectivity index (χ1n) is 6.96. The van der Waals surface area contributed by atoms with E-state index in [0.717, 1.165) is 19.3 Å². The van der Waals surface area contributed by atoms with E-state index in [1.807, 2.05) is 6.92 Å². The van der Waals surface area contributed by atoms with Gasteiger partial charge in [-0.05, 0) is 26.2 Å². The third-order valence-corrected chi connectivity index (χ3v) is 5.65. The molecule has 20 heavy (non-hydrogen) atoms. The minimum absolute atomic E-state index is 0.0240. The second kappa shape index (κ2) is 6.11. The van der Waals surface area contributed by atoms with E-state index in [2.05, 4.69) is 5.10 Å².